The van der Waals surface area contributed by atoms with Gasteiger partial charge in [-0.2, -0.15) is 10.5 Å². The third-order valence-corrected chi connectivity index (χ3v) is 9.76. The molecule has 0 aliphatic rings. The van der Waals surface area contributed by atoms with E-state index in [1.54, 1.807) is 14.0 Å². The Balaban J connectivity index is 0.000000768. The summed E-state index contributed by atoms with van der Waals surface area (Å²) in [6, 6.07) is 7.86. The number of nitrogens with one attached hydrogen (secondary N) is 1. The number of amides is 1. The highest BCUT2D eigenvalue weighted by Gasteiger charge is 2.23. The predicted octanol–water partition coefficient (Wildman–Crippen LogP) is 9.27. The number of methoxy groups -OCH3 is 1. The highest BCUT2D eigenvalue weighted by molar-refractivity contribution is 7.16. The second-order valence-corrected chi connectivity index (χ2v) is 12.9. The summed E-state index contributed by atoms with van der Waals surface area (Å²) in [4.78, 5) is 15.9. The van der Waals surface area contributed by atoms with Gasteiger partial charge in [0.1, 0.15) is 27.8 Å². The molecule has 1 heterocycles. The molecule has 8 nitrogen and oxygen atoms in total. The van der Waals surface area contributed by atoms with Gasteiger partial charge in [-0.15, -0.1) is 11.3 Å². The number of thiophene rings is 1. The van der Waals surface area contributed by atoms with Crippen molar-refractivity contribution in [3.05, 3.63) is 28.1 Å². The fraction of sp³-hybridized carbons (Fsp3) is 0.639. The second-order valence-electron chi connectivity index (χ2n) is 11.9. The molecule has 2 unspecified atom stereocenters. The van der Waals surface area contributed by atoms with Gasteiger partial charge in [0.15, 0.2) is 0 Å². The van der Waals surface area contributed by atoms with E-state index in [4.69, 9.17) is 26.7 Å². The minimum absolute atomic E-state index is 0.00177. The molecule has 1 aromatic carbocycles. The number of hydrogen-bond donors (Lipinski definition) is 3. The van der Waals surface area contributed by atoms with Crippen molar-refractivity contribution in [3.8, 4) is 17.9 Å². The molecule has 1 aromatic heterocycles. The van der Waals surface area contributed by atoms with Crippen LogP contribution in [-0.4, -0.2) is 26.1 Å². The summed E-state index contributed by atoms with van der Waals surface area (Å²) in [7, 11) is 1.71. The van der Waals surface area contributed by atoms with Crippen LogP contribution in [0.15, 0.2) is 12.1 Å². The first-order chi connectivity index (χ1) is 21.6. The third kappa shape index (κ3) is 12.1. The van der Waals surface area contributed by atoms with Crippen LogP contribution in [0, 0.1) is 47.3 Å². The molecule has 1 amide bonds. The van der Waals surface area contributed by atoms with E-state index >= 15 is 0 Å². The van der Waals surface area contributed by atoms with Gasteiger partial charge in [-0.25, -0.2) is 0 Å². The van der Waals surface area contributed by atoms with E-state index in [0.29, 0.717) is 44.2 Å². The van der Waals surface area contributed by atoms with Gasteiger partial charge in [0.2, 0.25) is 5.91 Å². The molecule has 2 rings (SSSR count). The number of ether oxygens (including phenoxy) is 1. The largest absolute Gasteiger partial charge is 0.495 e. The molecular formula is C36H58N6O2S. The topological polar surface area (TPSA) is 141 Å². The third-order valence-electron chi connectivity index (χ3n) is 8.74. The van der Waals surface area contributed by atoms with Crippen LogP contribution in [0.5, 0.6) is 5.75 Å². The number of unbranched alkanes of at least 4 members (excludes halogenated alkanes) is 2. The van der Waals surface area contributed by atoms with Gasteiger partial charge in [-0.3, -0.25) is 4.79 Å². The van der Waals surface area contributed by atoms with Gasteiger partial charge in [0.25, 0.3) is 0 Å². The zero-order valence-electron chi connectivity index (χ0n) is 29.1. The van der Waals surface area contributed by atoms with Crippen LogP contribution in [0.1, 0.15) is 122 Å². The Kier molecular flexibility index (Phi) is 18.8. The quantitative estimate of drug-likeness (QED) is 0.138. The number of carbonyl (C=O) groups is 1. The Morgan fingerprint density at radius 3 is 1.87 bits per heavy atom. The van der Waals surface area contributed by atoms with E-state index in [0.717, 1.165) is 61.5 Å². The average molecular weight is 639 g/mol. The Morgan fingerprint density at radius 2 is 1.49 bits per heavy atom. The van der Waals surface area contributed by atoms with Crippen LogP contribution in [0.2, 0.25) is 0 Å². The number of carbonyl (C=O) groups excluding carboxylic acids is 1. The Morgan fingerprint density at radius 1 is 0.933 bits per heavy atom. The zero-order chi connectivity index (χ0) is 33.9. The smallest absolute Gasteiger partial charge is 0.227 e. The highest BCUT2D eigenvalue weighted by Crippen LogP contribution is 2.38. The monoisotopic (exact) mass is 638 g/mol. The van der Waals surface area contributed by atoms with Crippen molar-refractivity contribution in [1.29, 1.82) is 10.5 Å². The summed E-state index contributed by atoms with van der Waals surface area (Å²) in [5, 5.41) is 20.7. The summed E-state index contributed by atoms with van der Waals surface area (Å²) < 4.78 is 5.82. The van der Waals surface area contributed by atoms with Crippen molar-refractivity contribution in [2.24, 2.45) is 17.8 Å². The summed E-state index contributed by atoms with van der Waals surface area (Å²) >= 11 is 1.16. The molecular weight excluding hydrogens is 581 g/mol. The van der Waals surface area contributed by atoms with Crippen molar-refractivity contribution in [2.75, 3.05) is 41.9 Å². The van der Waals surface area contributed by atoms with E-state index in [1.165, 1.54) is 38.5 Å². The summed E-state index contributed by atoms with van der Waals surface area (Å²) in [6.07, 6.45) is 11.4. The van der Waals surface area contributed by atoms with Crippen LogP contribution >= 0.6 is 11.3 Å². The van der Waals surface area contributed by atoms with Crippen molar-refractivity contribution in [1.82, 2.24) is 0 Å². The minimum Gasteiger partial charge on any atom is -0.495 e. The minimum atomic E-state index is -0.00177. The van der Waals surface area contributed by atoms with E-state index in [-0.39, 0.29) is 11.8 Å². The lowest BCUT2D eigenvalue weighted by molar-refractivity contribution is -0.120. The standard InChI is InChI=1S/C29H53N3O2.C7H5N3S/c1-8-14-16-22(10-3)20-32(21-23(11-4)17-15-9-2)27-19-26(25(30)18-28(27)34-7)31-29(33)24(12-5)13-6;1-4-5(2-8)7(10)11-6(4)3-9/h18-19,22-24H,8-17,20-21,30H2,1-7H3,(H,31,33);10H2,1H3. The molecule has 0 bridgehead atoms. The average Bonchev–Trinajstić information content (AvgIpc) is 3.33. The number of nitrogens with two attached hydrogens (primary N) is 2. The van der Waals surface area contributed by atoms with E-state index < -0.39 is 0 Å². The lowest BCUT2D eigenvalue weighted by atomic mass is 9.95. The van der Waals surface area contributed by atoms with Crippen LogP contribution < -0.4 is 26.4 Å². The Labute approximate surface area is 277 Å². The number of nitriles is 2. The van der Waals surface area contributed by atoms with E-state index in [9.17, 15) is 4.79 Å². The Hall–Kier alpha value is -3.43. The SMILES string of the molecule is CCCCC(CC)CN(CC(CC)CCCC)c1cc(NC(=O)C(CC)CC)c(N)cc1OC.Cc1c(C#N)sc(N)c1C#N. The lowest BCUT2D eigenvalue weighted by Crippen LogP contribution is -2.34. The van der Waals surface area contributed by atoms with Gasteiger partial charge in [-0.05, 0) is 56.1 Å². The molecule has 2 aromatic rings. The summed E-state index contributed by atoms with van der Waals surface area (Å²) in [5.41, 5.74) is 15.3. The predicted molar refractivity (Wildman–Crippen MR) is 192 cm³/mol. The molecule has 0 spiro atoms. The second kappa shape index (κ2) is 21.3. The van der Waals surface area contributed by atoms with Crippen LogP contribution in [0.4, 0.5) is 22.1 Å². The number of hydrogen-bond acceptors (Lipinski definition) is 8. The molecule has 5 N–H and O–H groups in total. The first kappa shape index (κ1) is 39.6. The molecule has 0 saturated heterocycles. The molecule has 0 aliphatic carbocycles. The summed E-state index contributed by atoms with van der Waals surface area (Å²) in [5.74, 6) is 2.09. The number of anilines is 4. The van der Waals surface area contributed by atoms with Crippen molar-refractivity contribution >= 4 is 39.3 Å². The maximum absolute atomic E-state index is 12.8. The molecule has 0 aliphatic heterocycles. The normalized spacial score (nSPS) is 12.0. The van der Waals surface area contributed by atoms with Gasteiger partial charge in [-0.1, -0.05) is 80.1 Å². The fourth-order valence-corrected chi connectivity index (χ4v) is 6.33. The zero-order valence-corrected chi connectivity index (χ0v) is 29.9. The molecule has 250 valence electrons. The highest BCUT2D eigenvalue weighted by atomic mass is 32.1. The number of nitrogens with zero attached hydrogens (tertiary/aromatic N) is 3. The molecule has 2 atom stereocenters. The number of nitrogen functional groups attached to an aromatic ring is 2. The first-order valence-corrected chi connectivity index (χ1v) is 17.6. The number of benzene rings is 1. The van der Waals surface area contributed by atoms with E-state index in [2.05, 4.69) is 51.8 Å². The molecule has 9 heteroatoms. The molecule has 0 saturated carbocycles. The van der Waals surface area contributed by atoms with Crippen molar-refractivity contribution < 1.29 is 9.53 Å². The van der Waals surface area contributed by atoms with Crippen LogP contribution in [0.25, 0.3) is 0 Å². The van der Waals surface area contributed by atoms with Gasteiger partial charge in [0.05, 0.1) is 29.7 Å². The van der Waals surface area contributed by atoms with Crippen molar-refractivity contribution in [2.45, 2.75) is 113 Å². The van der Waals surface area contributed by atoms with E-state index in [1.807, 2.05) is 24.3 Å². The van der Waals surface area contributed by atoms with Gasteiger partial charge >= 0.3 is 0 Å². The van der Waals surface area contributed by atoms with Crippen LogP contribution in [-0.2, 0) is 4.79 Å². The van der Waals surface area contributed by atoms with Gasteiger partial charge in [0, 0.05) is 25.1 Å². The molecule has 45 heavy (non-hydrogen) atoms. The lowest BCUT2D eigenvalue weighted by Gasteiger charge is -2.34. The van der Waals surface area contributed by atoms with Crippen LogP contribution in [0.3, 0.4) is 0 Å². The molecule has 0 radical (unpaired) electrons. The fourth-order valence-electron chi connectivity index (χ4n) is 5.51. The maximum atomic E-state index is 12.8. The van der Waals surface area contributed by atoms with Crippen molar-refractivity contribution in [3.63, 3.8) is 0 Å². The maximum Gasteiger partial charge on any atom is 0.227 e. The first-order valence-electron chi connectivity index (χ1n) is 16.8. The van der Waals surface area contributed by atoms with Gasteiger partial charge < -0.3 is 26.4 Å². The molecule has 0 fully saturated rings. The number of rotatable bonds is 18. The Bertz CT molecular complexity index is 1240. The summed E-state index contributed by atoms with van der Waals surface area (Å²) in [6.45, 7) is 17.0.